The van der Waals surface area contributed by atoms with Crippen LogP contribution in [0.25, 0.3) is 0 Å². The lowest BCUT2D eigenvalue weighted by Gasteiger charge is -2.15. The summed E-state index contributed by atoms with van der Waals surface area (Å²) in [7, 11) is 0. The van der Waals surface area contributed by atoms with Crippen molar-refractivity contribution in [2.24, 2.45) is 11.7 Å². The van der Waals surface area contributed by atoms with Crippen LogP contribution in [0.5, 0.6) is 0 Å². The van der Waals surface area contributed by atoms with Crippen LogP contribution in [-0.2, 0) is 16.0 Å². The quantitative estimate of drug-likeness (QED) is 0.589. The normalized spacial score (nSPS) is 16.7. The number of hydrogen-bond donors (Lipinski definition) is 3. The molecule has 0 radical (unpaired) electrons. The molecule has 2 atom stereocenters. The van der Waals surface area contributed by atoms with E-state index in [1.165, 1.54) is 5.56 Å². The predicted molar refractivity (Wildman–Crippen MR) is 118 cm³/mol. The molecule has 3 rings (SSSR count). The first-order chi connectivity index (χ1) is 13.8. The van der Waals surface area contributed by atoms with Crippen LogP contribution in [0.3, 0.4) is 0 Å². The molecule has 0 aliphatic carbocycles. The van der Waals surface area contributed by atoms with Crippen LogP contribution in [0.2, 0.25) is 0 Å². The third-order valence-electron chi connectivity index (χ3n) is 5.28. The van der Waals surface area contributed by atoms with Gasteiger partial charge in [-0.3, -0.25) is 19.7 Å². The van der Waals surface area contributed by atoms with E-state index in [-0.39, 0.29) is 48.5 Å². The van der Waals surface area contributed by atoms with Gasteiger partial charge in [0.2, 0.25) is 11.8 Å². The van der Waals surface area contributed by atoms with Crippen molar-refractivity contribution in [2.75, 3.05) is 6.54 Å². The van der Waals surface area contributed by atoms with Crippen LogP contribution in [-0.4, -0.2) is 24.3 Å². The molecule has 1 saturated heterocycles. The van der Waals surface area contributed by atoms with Gasteiger partial charge < -0.3 is 11.1 Å². The van der Waals surface area contributed by atoms with Crippen LogP contribution in [0.1, 0.15) is 59.3 Å². The van der Waals surface area contributed by atoms with E-state index in [2.05, 4.69) is 36.6 Å². The Kier molecular flexibility index (Phi) is 8.15. The van der Waals surface area contributed by atoms with Crippen molar-refractivity contribution < 1.29 is 14.4 Å². The first-order valence-corrected chi connectivity index (χ1v) is 9.89. The van der Waals surface area contributed by atoms with Gasteiger partial charge in [-0.1, -0.05) is 50.2 Å². The zero-order valence-electron chi connectivity index (χ0n) is 17.2. The lowest BCUT2D eigenvalue weighted by molar-refractivity contribution is -0.125. The zero-order valence-corrected chi connectivity index (χ0v) is 18.0. The smallest absolute Gasteiger partial charge is 0.251 e. The molecule has 2 aromatic carbocycles. The summed E-state index contributed by atoms with van der Waals surface area (Å²) < 4.78 is 0. The number of carbonyl (C=O) groups excluding carboxylic acids is 3. The highest BCUT2D eigenvalue weighted by Crippen LogP contribution is 2.19. The zero-order chi connectivity index (χ0) is 21.0. The molecule has 6 nitrogen and oxygen atoms in total. The Morgan fingerprint density at radius 3 is 2.20 bits per heavy atom. The second-order valence-corrected chi connectivity index (χ2v) is 7.85. The highest BCUT2D eigenvalue weighted by atomic mass is 35.5. The molecule has 0 spiro atoms. The molecule has 1 heterocycles. The lowest BCUT2D eigenvalue weighted by atomic mass is 9.97. The maximum absolute atomic E-state index is 12.4. The fraction of sp³-hybridized carbons (Fsp3) is 0.348. The van der Waals surface area contributed by atoms with Gasteiger partial charge >= 0.3 is 0 Å². The summed E-state index contributed by atoms with van der Waals surface area (Å²) in [6, 6.07) is 14.9. The number of carbonyl (C=O) groups is 3. The SMILES string of the molecule is CC(C)c1ccc(C(N)CNC(=O)c2ccc(CC3CC(=O)NC3=O)cc2)cc1.Cl. The van der Waals surface area contributed by atoms with Gasteiger partial charge in [0, 0.05) is 24.6 Å². The first kappa shape index (κ1) is 23.6. The number of halogens is 1. The van der Waals surface area contributed by atoms with Gasteiger partial charge in [0.15, 0.2) is 0 Å². The van der Waals surface area contributed by atoms with E-state index < -0.39 is 0 Å². The lowest BCUT2D eigenvalue weighted by Crippen LogP contribution is -2.31. The highest BCUT2D eigenvalue weighted by Gasteiger charge is 2.30. The van der Waals surface area contributed by atoms with Crippen molar-refractivity contribution in [3.63, 3.8) is 0 Å². The van der Waals surface area contributed by atoms with Gasteiger partial charge in [-0.15, -0.1) is 12.4 Å². The molecule has 0 saturated carbocycles. The fourth-order valence-electron chi connectivity index (χ4n) is 3.40. The molecule has 4 N–H and O–H groups in total. The van der Waals surface area contributed by atoms with Crippen molar-refractivity contribution in [2.45, 2.75) is 38.6 Å². The van der Waals surface area contributed by atoms with Gasteiger partial charge in [0.05, 0.1) is 5.92 Å². The molecule has 0 bridgehead atoms. The number of nitrogens with two attached hydrogens (primary N) is 1. The third kappa shape index (κ3) is 5.90. The van der Waals surface area contributed by atoms with E-state index in [0.717, 1.165) is 11.1 Å². The standard InChI is InChI=1S/C23H27N3O3.ClH/c1-14(2)16-7-9-17(10-8-16)20(24)13-25-22(28)18-5-3-15(4-6-18)11-19-12-21(27)26-23(19)29;/h3-10,14,19-20H,11-13,24H2,1-2H3,(H,25,28)(H,26,27,29);1H. The number of imide groups is 1. The van der Waals surface area contributed by atoms with E-state index in [0.29, 0.717) is 24.4 Å². The number of rotatable bonds is 7. The number of amides is 3. The molecule has 1 aliphatic rings. The molecule has 1 aliphatic heterocycles. The second-order valence-electron chi connectivity index (χ2n) is 7.85. The summed E-state index contributed by atoms with van der Waals surface area (Å²) in [6.07, 6.45) is 0.702. The van der Waals surface area contributed by atoms with E-state index >= 15 is 0 Å². The summed E-state index contributed by atoms with van der Waals surface area (Å²) in [5.41, 5.74) is 9.89. The Bertz CT molecular complexity index is 895. The molecular weight excluding hydrogens is 402 g/mol. The second kappa shape index (κ2) is 10.4. The van der Waals surface area contributed by atoms with Crippen LogP contribution in [0, 0.1) is 5.92 Å². The van der Waals surface area contributed by atoms with Crippen LogP contribution in [0.15, 0.2) is 48.5 Å². The van der Waals surface area contributed by atoms with Crippen LogP contribution >= 0.6 is 12.4 Å². The third-order valence-corrected chi connectivity index (χ3v) is 5.28. The summed E-state index contributed by atoms with van der Waals surface area (Å²) >= 11 is 0. The molecule has 160 valence electrons. The molecule has 1 fully saturated rings. The van der Waals surface area contributed by atoms with Crippen molar-refractivity contribution in [3.05, 3.63) is 70.8 Å². The van der Waals surface area contributed by atoms with Crippen molar-refractivity contribution in [3.8, 4) is 0 Å². The Morgan fingerprint density at radius 1 is 1.07 bits per heavy atom. The molecule has 2 aromatic rings. The molecule has 2 unspecified atom stereocenters. The van der Waals surface area contributed by atoms with E-state index in [1.807, 2.05) is 24.3 Å². The van der Waals surface area contributed by atoms with Gasteiger partial charge in [-0.05, 0) is 41.2 Å². The molecule has 0 aromatic heterocycles. The van der Waals surface area contributed by atoms with Crippen molar-refractivity contribution >= 4 is 30.1 Å². The molecule has 30 heavy (non-hydrogen) atoms. The topological polar surface area (TPSA) is 101 Å². The maximum atomic E-state index is 12.4. The summed E-state index contributed by atoms with van der Waals surface area (Å²) in [5.74, 6) is -0.522. The number of benzene rings is 2. The van der Waals surface area contributed by atoms with E-state index in [9.17, 15) is 14.4 Å². The Balaban J connectivity index is 0.00000320. The molecule has 7 heteroatoms. The van der Waals surface area contributed by atoms with Gasteiger partial charge in [0.25, 0.3) is 5.91 Å². The minimum Gasteiger partial charge on any atom is -0.350 e. The van der Waals surface area contributed by atoms with E-state index in [4.69, 9.17) is 5.73 Å². The minimum absolute atomic E-state index is 0. The number of nitrogens with one attached hydrogen (secondary N) is 2. The summed E-state index contributed by atoms with van der Waals surface area (Å²) in [5, 5.41) is 5.18. The Morgan fingerprint density at radius 2 is 1.67 bits per heavy atom. The van der Waals surface area contributed by atoms with Crippen LogP contribution in [0.4, 0.5) is 0 Å². The maximum Gasteiger partial charge on any atom is 0.251 e. The average molecular weight is 430 g/mol. The number of hydrogen-bond acceptors (Lipinski definition) is 4. The summed E-state index contributed by atoms with van der Waals surface area (Å²) in [4.78, 5) is 35.4. The molecular formula is C23H28ClN3O3. The minimum atomic E-state index is -0.331. The van der Waals surface area contributed by atoms with Gasteiger partial charge in [0.1, 0.15) is 0 Å². The fourth-order valence-corrected chi connectivity index (χ4v) is 3.40. The Hall–Kier alpha value is -2.70. The molecule has 3 amide bonds. The summed E-state index contributed by atoms with van der Waals surface area (Å²) in [6.45, 7) is 4.62. The largest absolute Gasteiger partial charge is 0.350 e. The van der Waals surface area contributed by atoms with Gasteiger partial charge in [-0.25, -0.2) is 0 Å². The highest BCUT2D eigenvalue weighted by molar-refractivity contribution is 6.03. The first-order valence-electron chi connectivity index (χ1n) is 9.89. The van der Waals surface area contributed by atoms with Crippen LogP contribution < -0.4 is 16.4 Å². The van der Waals surface area contributed by atoms with Crippen molar-refractivity contribution in [1.82, 2.24) is 10.6 Å². The van der Waals surface area contributed by atoms with Gasteiger partial charge in [-0.2, -0.15) is 0 Å². The predicted octanol–water partition coefficient (Wildman–Crippen LogP) is 2.87. The monoisotopic (exact) mass is 429 g/mol. The van der Waals surface area contributed by atoms with E-state index in [1.54, 1.807) is 12.1 Å². The average Bonchev–Trinajstić information content (AvgIpc) is 3.03. The Labute approximate surface area is 183 Å². The van der Waals surface area contributed by atoms with Crippen molar-refractivity contribution in [1.29, 1.82) is 0 Å².